The summed E-state index contributed by atoms with van der Waals surface area (Å²) < 4.78 is 1.95. The molecule has 2 aromatic heterocycles. The molecule has 0 saturated carbocycles. The van der Waals surface area contributed by atoms with Crippen LogP contribution in [0.15, 0.2) is 29.4 Å². The Bertz CT molecular complexity index is 715. The topological polar surface area (TPSA) is 78.1 Å². The van der Waals surface area contributed by atoms with Crippen LogP contribution in [-0.2, 0) is 11.3 Å². The van der Waals surface area contributed by atoms with Crippen molar-refractivity contribution in [1.82, 2.24) is 29.7 Å². The van der Waals surface area contributed by atoms with Crippen LogP contribution in [0.25, 0.3) is 5.65 Å². The van der Waals surface area contributed by atoms with E-state index in [1.54, 1.807) is 14.0 Å². The molecule has 0 radical (unpaired) electrons. The molecule has 1 saturated heterocycles. The number of fused-ring (bicyclic) bond motifs is 1. The van der Waals surface area contributed by atoms with Crippen molar-refractivity contribution in [2.45, 2.75) is 13.5 Å². The van der Waals surface area contributed by atoms with E-state index in [1.807, 2.05) is 33.7 Å². The minimum Gasteiger partial charge on any atom is -0.349 e. The number of guanidine groups is 1. The molecule has 1 aliphatic rings. The number of pyridine rings is 1. The van der Waals surface area contributed by atoms with Crippen molar-refractivity contribution in [2.75, 3.05) is 33.2 Å². The Morgan fingerprint density at radius 1 is 1.22 bits per heavy atom. The van der Waals surface area contributed by atoms with E-state index in [0.29, 0.717) is 6.54 Å². The van der Waals surface area contributed by atoms with Crippen molar-refractivity contribution in [3.63, 3.8) is 0 Å². The Labute approximate surface area is 134 Å². The number of aromatic nitrogens is 3. The third-order valence-electron chi connectivity index (χ3n) is 4.03. The summed E-state index contributed by atoms with van der Waals surface area (Å²) in [6.07, 6.45) is 1.95. The average molecular weight is 315 g/mol. The van der Waals surface area contributed by atoms with Gasteiger partial charge in [0.25, 0.3) is 0 Å². The molecule has 122 valence electrons. The third-order valence-corrected chi connectivity index (χ3v) is 4.03. The number of carbonyl (C=O) groups is 1. The van der Waals surface area contributed by atoms with Crippen LogP contribution in [-0.4, -0.2) is 69.5 Å². The lowest BCUT2D eigenvalue weighted by Gasteiger charge is -2.36. The molecule has 0 aliphatic carbocycles. The Kier molecular flexibility index (Phi) is 4.40. The van der Waals surface area contributed by atoms with Crippen LogP contribution in [0.5, 0.6) is 0 Å². The molecule has 0 atom stereocenters. The molecule has 0 unspecified atom stereocenters. The van der Waals surface area contributed by atoms with Gasteiger partial charge in [0.1, 0.15) is 0 Å². The second-order valence-electron chi connectivity index (χ2n) is 5.44. The maximum absolute atomic E-state index is 11.4. The molecule has 0 aromatic carbocycles. The Hall–Kier alpha value is -2.64. The van der Waals surface area contributed by atoms with Gasteiger partial charge in [-0.3, -0.25) is 14.2 Å². The van der Waals surface area contributed by atoms with Gasteiger partial charge in [-0.05, 0) is 12.1 Å². The molecule has 8 nitrogen and oxygen atoms in total. The van der Waals surface area contributed by atoms with E-state index in [9.17, 15) is 4.79 Å². The first-order chi connectivity index (χ1) is 11.2. The van der Waals surface area contributed by atoms with Crippen LogP contribution in [0.2, 0.25) is 0 Å². The number of nitrogens with zero attached hydrogens (tertiary/aromatic N) is 6. The number of hydrogen-bond donors (Lipinski definition) is 1. The summed E-state index contributed by atoms with van der Waals surface area (Å²) in [6.45, 7) is 5.16. The van der Waals surface area contributed by atoms with E-state index >= 15 is 0 Å². The van der Waals surface area contributed by atoms with E-state index in [-0.39, 0.29) is 5.91 Å². The van der Waals surface area contributed by atoms with Crippen LogP contribution in [0.3, 0.4) is 0 Å². The van der Waals surface area contributed by atoms with Crippen LogP contribution in [0.4, 0.5) is 0 Å². The summed E-state index contributed by atoms with van der Waals surface area (Å²) in [7, 11) is 1.77. The molecule has 2 aromatic rings. The van der Waals surface area contributed by atoms with E-state index in [1.165, 1.54) is 0 Å². The average Bonchev–Trinajstić information content (AvgIpc) is 2.99. The predicted octanol–water partition coefficient (Wildman–Crippen LogP) is -0.0312. The van der Waals surface area contributed by atoms with Crippen molar-refractivity contribution < 1.29 is 4.79 Å². The SMILES string of the molecule is CN=C(NCc1nnc2ccccn12)N1CCN(C(C)=O)CC1. The first-order valence-electron chi connectivity index (χ1n) is 7.69. The van der Waals surface area contributed by atoms with Gasteiger partial charge in [0.15, 0.2) is 17.4 Å². The Morgan fingerprint density at radius 2 is 1.96 bits per heavy atom. The fraction of sp³-hybridized carbons (Fsp3) is 0.467. The second kappa shape index (κ2) is 6.64. The number of amides is 1. The maximum Gasteiger partial charge on any atom is 0.219 e. The summed E-state index contributed by atoms with van der Waals surface area (Å²) in [5, 5.41) is 11.7. The molecule has 23 heavy (non-hydrogen) atoms. The highest BCUT2D eigenvalue weighted by Gasteiger charge is 2.21. The number of piperazine rings is 1. The monoisotopic (exact) mass is 315 g/mol. The number of nitrogens with one attached hydrogen (secondary N) is 1. The lowest BCUT2D eigenvalue weighted by molar-refractivity contribution is -0.130. The number of hydrogen-bond acceptors (Lipinski definition) is 4. The first-order valence-corrected chi connectivity index (χ1v) is 7.69. The van der Waals surface area contributed by atoms with Crippen LogP contribution in [0, 0.1) is 0 Å². The fourth-order valence-electron chi connectivity index (χ4n) is 2.74. The summed E-state index contributed by atoms with van der Waals surface area (Å²) in [5.74, 6) is 1.78. The van der Waals surface area contributed by atoms with E-state index in [4.69, 9.17) is 0 Å². The van der Waals surface area contributed by atoms with Gasteiger partial charge >= 0.3 is 0 Å². The molecular weight excluding hydrogens is 294 g/mol. The molecule has 1 fully saturated rings. The van der Waals surface area contributed by atoms with Crippen LogP contribution < -0.4 is 5.32 Å². The molecule has 1 N–H and O–H groups in total. The van der Waals surface area contributed by atoms with Crippen molar-refractivity contribution in [3.05, 3.63) is 30.2 Å². The quantitative estimate of drug-likeness (QED) is 0.622. The minimum atomic E-state index is 0.127. The lowest BCUT2D eigenvalue weighted by atomic mass is 10.3. The Morgan fingerprint density at radius 3 is 2.65 bits per heavy atom. The van der Waals surface area contributed by atoms with Crippen molar-refractivity contribution in [3.8, 4) is 0 Å². The number of aliphatic imine (C=N–C) groups is 1. The fourth-order valence-corrected chi connectivity index (χ4v) is 2.74. The molecule has 0 spiro atoms. The van der Waals surface area contributed by atoms with E-state index < -0.39 is 0 Å². The normalized spacial score (nSPS) is 16.0. The summed E-state index contributed by atoms with van der Waals surface area (Å²) in [6, 6.07) is 5.82. The van der Waals surface area contributed by atoms with Gasteiger partial charge in [0.2, 0.25) is 5.91 Å². The molecular formula is C15H21N7O. The number of rotatable bonds is 2. The second-order valence-corrected chi connectivity index (χ2v) is 5.44. The molecule has 1 amide bonds. The van der Waals surface area contributed by atoms with Crippen molar-refractivity contribution in [2.24, 2.45) is 4.99 Å². The summed E-state index contributed by atoms with van der Waals surface area (Å²) in [4.78, 5) is 19.7. The van der Waals surface area contributed by atoms with Gasteiger partial charge in [-0.25, -0.2) is 0 Å². The third kappa shape index (κ3) is 3.25. The minimum absolute atomic E-state index is 0.127. The zero-order valence-corrected chi connectivity index (χ0v) is 13.4. The van der Waals surface area contributed by atoms with Gasteiger partial charge in [-0.1, -0.05) is 6.07 Å². The first kappa shape index (κ1) is 15.3. The summed E-state index contributed by atoms with van der Waals surface area (Å²) in [5.41, 5.74) is 0.828. The molecule has 3 rings (SSSR count). The Balaban J connectivity index is 1.61. The lowest BCUT2D eigenvalue weighted by Crippen LogP contribution is -2.53. The van der Waals surface area contributed by atoms with Gasteiger partial charge in [0, 0.05) is 46.3 Å². The van der Waals surface area contributed by atoms with Gasteiger partial charge in [-0.15, -0.1) is 10.2 Å². The highest BCUT2D eigenvalue weighted by molar-refractivity contribution is 5.80. The molecule has 3 heterocycles. The highest BCUT2D eigenvalue weighted by Crippen LogP contribution is 2.05. The standard InChI is InChI=1S/C15H21N7O/c1-12(23)20-7-9-21(10-8-20)15(16-2)17-11-14-19-18-13-5-3-4-6-22(13)14/h3-6H,7-11H2,1-2H3,(H,16,17). The zero-order chi connectivity index (χ0) is 16.2. The largest absolute Gasteiger partial charge is 0.349 e. The zero-order valence-electron chi connectivity index (χ0n) is 13.4. The van der Waals surface area contributed by atoms with Gasteiger partial charge in [0.05, 0.1) is 6.54 Å². The maximum atomic E-state index is 11.4. The highest BCUT2D eigenvalue weighted by atomic mass is 16.2. The van der Waals surface area contributed by atoms with Crippen LogP contribution >= 0.6 is 0 Å². The molecule has 1 aliphatic heterocycles. The van der Waals surface area contributed by atoms with Gasteiger partial charge < -0.3 is 15.1 Å². The smallest absolute Gasteiger partial charge is 0.219 e. The van der Waals surface area contributed by atoms with Crippen LogP contribution in [0.1, 0.15) is 12.7 Å². The van der Waals surface area contributed by atoms with E-state index in [0.717, 1.165) is 43.6 Å². The van der Waals surface area contributed by atoms with Gasteiger partial charge in [-0.2, -0.15) is 0 Å². The molecule has 8 heteroatoms. The summed E-state index contributed by atoms with van der Waals surface area (Å²) >= 11 is 0. The number of carbonyl (C=O) groups excluding carboxylic acids is 1. The molecule has 0 bridgehead atoms. The van der Waals surface area contributed by atoms with Crippen molar-refractivity contribution >= 4 is 17.5 Å². The predicted molar refractivity (Wildman–Crippen MR) is 87.0 cm³/mol. The van der Waals surface area contributed by atoms with E-state index in [2.05, 4.69) is 25.4 Å². The van der Waals surface area contributed by atoms with Crippen molar-refractivity contribution in [1.29, 1.82) is 0 Å².